The van der Waals surface area contributed by atoms with Crippen LogP contribution in [0.4, 0.5) is 0 Å². The van der Waals surface area contributed by atoms with Crippen molar-refractivity contribution in [2.45, 2.75) is 13.8 Å². The van der Waals surface area contributed by atoms with E-state index in [0.717, 1.165) is 15.6 Å². The van der Waals surface area contributed by atoms with Crippen LogP contribution in [0.1, 0.15) is 21.5 Å². The van der Waals surface area contributed by atoms with Crippen LogP contribution >= 0.6 is 15.9 Å². The summed E-state index contributed by atoms with van der Waals surface area (Å²) in [7, 11) is 0. The maximum Gasteiger partial charge on any atom is 0.335 e. The van der Waals surface area contributed by atoms with Crippen LogP contribution in [-0.2, 0) is 0 Å². The molecule has 1 N–H and O–H groups in total. The Labute approximate surface area is 79.3 Å². The van der Waals surface area contributed by atoms with Gasteiger partial charge in [-0.25, -0.2) is 4.79 Å². The standard InChI is InChI=1S/C9H9BrO2/c1-5-3-7(9(11)12)4-6(2)8(5)10/h3-4H,1-2H3,(H,11,12). The first-order chi connectivity index (χ1) is 5.52. The Morgan fingerprint density at radius 1 is 1.33 bits per heavy atom. The second-order valence-electron chi connectivity index (χ2n) is 2.73. The minimum atomic E-state index is -0.881. The molecule has 0 fully saturated rings. The molecule has 1 rings (SSSR count). The first-order valence-corrected chi connectivity index (χ1v) is 4.31. The van der Waals surface area contributed by atoms with E-state index in [4.69, 9.17) is 5.11 Å². The number of aromatic carboxylic acids is 1. The van der Waals surface area contributed by atoms with Crippen molar-refractivity contribution in [1.82, 2.24) is 0 Å². The molecule has 0 unspecified atom stereocenters. The summed E-state index contributed by atoms with van der Waals surface area (Å²) in [5.74, 6) is -0.881. The van der Waals surface area contributed by atoms with Gasteiger partial charge >= 0.3 is 5.97 Å². The van der Waals surface area contributed by atoms with E-state index < -0.39 is 5.97 Å². The zero-order valence-corrected chi connectivity index (χ0v) is 8.47. The summed E-state index contributed by atoms with van der Waals surface area (Å²) in [4.78, 5) is 10.6. The van der Waals surface area contributed by atoms with E-state index in [9.17, 15) is 4.79 Å². The highest BCUT2D eigenvalue weighted by atomic mass is 79.9. The SMILES string of the molecule is Cc1cc(C(=O)O)cc(C)c1Br. The van der Waals surface area contributed by atoms with E-state index in [0.29, 0.717) is 5.56 Å². The smallest absolute Gasteiger partial charge is 0.335 e. The molecule has 0 bridgehead atoms. The van der Waals surface area contributed by atoms with Gasteiger partial charge in [0.05, 0.1) is 5.56 Å². The van der Waals surface area contributed by atoms with Gasteiger partial charge in [-0.3, -0.25) is 0 Å². The van der Waals surface area contributed by atoms with Crippen molar-refractivity contribution in [2.75, 3.05) is 0 Å². The maximum absolute atomic E-state index is 10.6. The fraction of sp³-hybridized carbons (Fsp3) is 0.222. The number of benzene rings is 1. The molecule has 3 heteroatoms. The Kier molecular flexibility index (Phi) is 2.52. The molecule has 0 aliphatic rings. The van der Waals surface area contributed by atoms with Gasteiger partial charge in [-0.15, -0.1) is 0 Å². The average Bonchev–Trinajstić information content (AvgIpc) is 1.99. The number of aryl methyl sites for hydroxylation is 2. The molecular weight excluding hydrogens is 220 g/mol. The Morgan fingerprint density at radius 3 is 2.08 bits per heavy atom. The fourth-order valence-electron chi connectivity index (χ4n) is 1.07. The Hall–Kier alpha value is -0.830. The molecule has 2 nitrogen and oxygen atoms in total. The van der Waals surface area contributed by atoms with Crippen LogP contribution in [0.25, 0.3) is 0 Å². The normalized spacial score (nSPS) is 9.92. The zero-order valence-electron chi connectivity index (χ0n) is 6.89. The van der Waals surface area contributed by atoms with Crippen LogP contribution in [0.3, 0.4) is 0 Å². The van der Waals surface area contributed by atoms with Crippen molar-refractivity contribution in [3.63, 3.8) is 0 Å². The van der Waals surface area contributed by atoms with E-state index >= 15 is 0 Å². The predicted octanol–water partition coefficient (Wildman–Crippen LogP) is 2.76. The summed E-state index contributed by atoms with van der Waals surface area (Å²) in [5, 5.41) is 8.71. The third-order valence-corrected chi connectivity index (χ3v) is 2.93. The molecule has 1 aromatic rings. The summed E-state index contributed by atoms with van der Waals surface area (Å²) in [6.45, 7) is 3.76. The molecule has 0 saturated heterocycles. The Balaban J connectivity index is 3.31. The molecule has 12 heavy (non-hydrogen) atoms. The summed E-state index contributed by atoms with van der Waals surface area (Å²) in [6, 6.07) is 3.30. The molecule has 0 radical (unpaired) electrons. The van der Waals surface area contributed by atoms with Crippen molar-refractivity contribution in [3.8, 4) is 0 Å². The Morgan fingerprint density at radius 2 is 1.75 bits per heavy atom. The van der Waals surface area contributed by atoms with Gasteiger partial charge < -0.3 is 5.11 Å². The molecule has 0 heterocycles. The van der Waals surface area contributed by atoms with E-state index in [1.54, 1.807) is 12.1 Å². The monoisotopic (exact) mass is 228 g/mol. The molecule has 64 valence electrons. The highest BCUT2D eigenvalue weighted by Gasteiger charge is 2.06. The number of carboxylic acid groups (broad SMARTS) is 1. The quantitative estimate of drug-likeness (QED) is 0.803. The molecule has 0 aromatic heterocycles. The van der Waals surface area contributed by atoms with Crippen molar-refractivity contribution >= 4 is 21.9 Å². The lowest BCUT2D eigenvalue weighted by molar-refractivity contribution is 0.0696. The van der Waals surface area contributed by atoms with Gasteiger partial charge in [0, 0.05) is 4.47 Å². The third-order valence-electron chi connectivity index (χ3n) is 1.68. The number of halogens is 1. The van der Waals surface area contributed by atoms with Gasteiger partial charge in [-0.05, 0) is 37.1 Å². The fourth-order valence-corrected chi connectivity index (χ4v) is 1.30. The second-order valence-corrected chi connectivity index (χ2v) is 3.52. The summed E-state index contributed by atoms with van der Waals surface area (Å²) < 4.78 is 0.979. The van der Waals surface area contributed by atoms with Crippen LogP contribution < -0.4 is 0 Å². The van der Waals surface area contributed by atoms with Crippen LogP contribution in [0.2, 0.25) is 0 Å². The average molecular weight is 229 g/mol. The number of carboxylic acids is 1. The minimum Gasteiger partial charge on any atom is -0.478 e. The maximum atomic E-state index is 10.6. The van der Waals surface area contributed by atoms with Crippen molar-refractivity contribution < 1.29 is 9.90 Å². The van der Waals surface area contributed by atoms with Gasteiger partial charge in [-0.2, -0.15) is 0 Å². The largest absolute Gasteiger partial charge is 0.478 e. The molecule has 0 amide bonds. The van der Waals surface area contributed by atoms with Gasteiger partial charge in [0.1, 0.15) is 0 Å². The second kappa shape index (κ2) is 3.27. The van der Waals surface area contributed by atoms with Crippen LogP contribution in [0, 0.1) is 13.8 Å². The predicted molar refractivity (Wildman–Crippen MR) is 50.6 cm³/mol. The highest BCUT2D eigenvalue weighted by Crippen LogP contribution is 2.22. The first kappa shape index (κ1) is 9.26. The van der Waals surface area contributed by atoms with Gasteiger partial charge in [0.25, 0.3) is 0 Å². The van der Waals surface area contributed by atoms with Gasteiger partial charge in [-0.1, -0.05) is 15.9 Å². The van der Waals surface area contributed by atoms with Gasteiger partial charge in [0.15, 0.2) is 0 Å². The lowest BCUT2D eigenvalue weighted by Gasteiger charge is -2.03. The van der Waals surface area contributed by atoms with Crippen molar-refractivity contribution in [1.29, 1.82) is 0 Å². The molecule has 0 aliphatic heterocycles. The van der Waals surface area contributed by atoms with Gasteiger partial charge in [0.2, 0.25) is 0 Å². The van der Waals surface area contributed by atoms with Crippen LogP contribution in [-0.4, -0.2) is 11.1 Å². The van der Waals surface area contributed by atoms with Crippen molar-refractivity contribution in [2.24, 2.45) is 0 Å². The van der Waals surface area contributed by atoms with E-state index in [1.165, 1.54) is 0 Å². The third kappa shape index (κ3) is 1.67. The molecule has 1 aromatic carbocycles. The van der Waals surface area contributed by atoms with Crippen LogP contribution in [0.15, 0.2) is 16.6 Å². The lowest BCUT2D eigenvalue weighted by atomic mass is 10.1. The molecular formula is C9H9BrO2. The number of carbonyl (C=O) groups is 1. The summed E-state index contributed by atoms with van der Waals surface area (Å²) >= 11 is 3.37. The first-order valence-electron chi connectivity index (χ1n) is 3.52. The Bertz CT molecular complexity index is 308. The molecule has 0 saturated carbocycles. The zero-order chi connectivity index (χ0) is 9.30. The molecule has 0 aliphatic carbocycles. The number of hydrogen-bond donors (Lipinski definition) is 1. The van der Waals surface area contributed by atoms with E-state index in [2.05, 4.69) is 15.9 Å². The molecule has 0 spiro atoms. The number of rotatable bonds is 1. The number of hydrogen-bond acceptors (Lipinski definition) is 1. The highest BCUT2D eigenvalue weighted by molar-refractivity contribution is 9.10. The summed E-state index contributed by atoms with van der Waals surface area (Å²) in [6.07, 6.45) is 0. The topological polar surface area (TPSA) is 37.3 Å². The van der Waals surface area contributed by atoms with E-state index in [1.807, 2.05) is 13.8 Å². The lowest BCUT2D eigenvalue weighted by Crippen LogP contribution is -1.98. The van der Waals surface area contributed by atoms with Crippen molar-refractivity contribution in [3.05, 3.63) is 33.3 Å². The summed E-state index contributed by atoms with van der Waals surface area (Å²) in [5.41, 5.74) is 2.24. The minimum absolute atomic E-state index is 0.341. The molecule has 0 atom stereocenters. The van der Waals surface area contributed by atoms with Crippen LogP contribution in [0.5, 0.6) is 0 Å². The van der Waals surface area contributed by atoms with E-state index in [-0.39, 0.29) is 0 Å².